The molecule has 3 rings (SSSR count). The van der Waals surface area contributed by atoms with Crippen molar-refractivity contribution in [1.82, 2.24) is 10.2 Å². The minimum Gasteiger partial charge on any atom is -0.456 e. The molecule has 128 valence electrons. The van der Waals surface area contributed by atoms with Gasteiger partial charge in [-0.25, -0.2) is 0 Å². The number of thioether (sulfide) groups is 1. The van der Waals surface area contributed by atoms with Gasteiger partial charge in [0.2, 0.25) is 5.91 Å². The average Bonchev–Trinajstić information content (AvgIpc) is 3.02. The predicted octanol–water partition coefficient (Wildman–Crippen LogP) is 5.02. The fraction of sp³-hybridized carbons (Fsp3) is 0.118. The zero-order valence-electron chi connectivity index (χ0n) is 13.2. The number of hydrogen-bond acceptors (Lipinski definition) is 6. The zero-order chi connectivity index (χ0) is 17.6. The normalized spacial score (nSPS) is 10.5. The van der Waals surface area contributed by atoms with E-state index in [-0.39, 0.29) is 11.7 Å². The van der Waals surface area contributed by atoms with Crippen molar-refractivity contribution in [2.45, 2.75) is 11.3 Å². The molecule has 0 aliphatic carbocycles. The van der Waals surface area contributed by atoms with Crippen molar-refractivity contribution in [2.75, 3.05) is 11.1 Å². The first-order valence-corrected chi connectivity index (χ1v) is 9.53. The lowest BCUT2D eigenvalue weighted by molar-refractivity contribution is -0.113. The summed E-state index contributed by atoms with van der Waals surface area (Å²) >= 11 is 8.91. The lowest BCUT2D eigenvalue weighted by Crippen LogP contribution is -2.13. The van der Waals surface area contributed by atoms with Crippen LogP contribution in [-0.2, 0) is 4.79 Å². The van der Waals surface area contributed by atoms with Gasteiger partial charge in [-0.3, -0.25) is 4.79 Å². The zero-order valence-corrected chi connectivity index (χ0v) is 15.6. The van der Waals surface area contributed by atoms with Crippen LogP contribution in [0, 0.1) is 6.92 Å². The summed E-state index contributed by atoms with van der Waals surface area (Å²) in [7, 11) is 0. The van der Waals surface area contributed by atoms with Gasteiger partial charge in [0.05, 0.1) is 10.8 Å². The van der Waals surface area contributed by atoms with E-state index in [1.807, 2.05) is 19.1 Å². The number of ether oxygens (including phenoxy) is 1. The highest BCUT2D eigenvalue weighted by Crippen LogP contribution is 2.29. The topological polar surface area (TPSA) is 64.1 Å². The standard InChI is InChI=1S/C17H14ClN3O2S2/c1-11-20-21-17(25-11)24-10-16(22)19-12-6-8-13(9-7-12)23-15-5-3-2-4-14(15)18/h2-9H,10H2,1H3,(H,19,22). The summed E-state index contributed by atoms with van der Waals surface area (Å²) in [6.07, 6.45) is 0. The number of hydrogen-bond donors (Lipinski definition) is 1. The van der Waals surface area contributed by atoms with Gasteiger partial charge in [0, 0.05) is 5.69 Å². The number of anilines is 1. The average molecular weight is 392 g/mol. The van der Waals surface area contributed by atoms with Crippen LogP contribution in [0.15, 0.2) is 52.9 Å². The second kappa shape index (κ2) is 8.33. The van der Waals surface area contributed by atoms with Crippen LogP contribution < -0.4 is 10.1 Å². The maximum Gasteiger partial charge on any atom is 0.234 e. The van der Waals surface area contributed by atoms with Gasteiger partial charge >= 0.3 is 0 Å². The summed E-state index contributed by atoms with van der Waals surface area (Å²) in [6.45, 7) is 1.88. The number of halogens is 1. The summed E-state index contributed by atoms with van der Waals surface area (Å²) in [5.74, 6) is 1.42. The number of aromatic nitrogens is 2. The van der Waals surface area contributed by atoms with E-state index in [4.69, 9.17) is 16.3 Å². The van der Waals surface area contributed by atoms with Crippen LogP contribution in [0.4, 0.5) is 5.69 Å². The van der Waals surface area contributed by atoms with Crippen LogP contribution >= 0.6 is 34.7 Å². The van der Waals surface area contributed by atoms with Gasteiger partial charge in [0.1, 0.15) is 16.5 Å². The van der Waals surface area contributed by atoms with Crippen molar-refractivity contribution in [3.63, 3.8) is 0 Å². The Morgan fingerprint density at radius 3 is 2.64 bits per heavy atom. The van der Waals surface area contributed by atoms with Gasteiger partial charge in [-0.1, -0.05) is 46.8 Å². The molecule has 0 bridgehead atoms. The quantitative estimate of drug-likeness (QED) is 0.597. The number of carbonyl (C=O) groups is 1. The van der Waals surface area contributed by atoms with Gasteiger partial charge < -0.3 is 10.1 Å². The molecular formula is C17H14ClN3O2S2. The smallest absolute Gasteiger partial charge is 0.234 e. The molecule has 0 fully saturated rings. The molecule has 0 radical (unpaired) electrons. The lowest BCUT2D eigenvalue weighted by Gasteiger charge is -2.09. The minimum atomic E-state index is -0.0994. The number of rotatable bonds is 6. The fourth-order valence-corrected chi connectivity index (χ4v) is 3.71. The van der Waals surface area contributed by atoms with E-state index in [0.29, 0.717) is 22.2 Å². The predicted molar refractivity (Wildman–Crippen MR) is 102 cm³/mol. The van der Waals surface area contributed by atoms with Gasteiger partial charge in [-0.05, 0) is 43.3 Å². The third-order valence-electron chi connectivity index (χ3n) is 3.04. The largest absolute Gasteiger partial charge is 0.456 e. The van der Waals surface area contributed by atoms with Gasteiger partial charge in [0.15, 0.2) is 4.34 Å². The Labute approximate surface area is 158 Å². The SMILES string of the molecule is Cc1nnc(SCC(=O)Nc2ccc(Oc3ccccc3Cl)cc2)s1. The van der Waals surface area contributed by atoms with E-state index in [1.165, 1.54) is 23.1 Å². The Morgan fingerprint density at radius 1 is 1.20 bits per heavy atom. The number of nitrogens with one attached hydrogen (secondary N) is 1. The number of nitrogens with zero attached hydrogens (tertiary/aromatic N) is 2. The maximum atomic E-state index is 12.0. The van der Waals surface area contributed by atoms with E-state index < -0.39 is 0 Å². The van der Waals surface area contributed by atoms with E-state index in [2.05, 4.69) is 15.5 Å². The highest BCUT2D eigenvalue weighted by Gasteiger charge is 2.07. The fourth-order valence-electron chi connectivity index (χ4n) is 1.92. The molecule has 1 aromatic heterocycles. The van der Waals surface area contributed by atoms with E-state index in [0.717, 1.165) is 9.35 Å². The number of carbonyl (C=O) groups excluding carboxylic acids is 1. The molecular weight excluding hydrogens is 378 g/mol. The van der Waals surface area contributed by atoms with Crippen molar-refractivity contribution in [3.8, 4) is 11.5 Å². The van der Waals surface area contributed by atoms with Crippen LogP contribution in [0.25, 0.3) is 0 Å². The summed E-state index contributed by atoms with van der Waals surface area (Å²) in [5.41, 5.74) is 0.700. The number of para-hydroxylation sites is 1. The van der Waals surface area contributed by atoms with Gasteiger partial charge in [-0.2, -0.15) is 0 Å². The Bertz CT molecular complexity index is 868. The Hall–Kier alpha value is -2.09. The third-order valence-corrected chi connectivity index (χ3v) is 5.32. The molecule has 0 saturated carbocycles. The molecule has 2 aromatic carbocycles. The Morgan fingerprint density at radius 2 is 1.96 bits per heavy atom. The van der Waals surface area contributed by atoms with E-state index >= 15 is 0 Å². The molecule has 5 nitrogen and oxygen atoms in total. The van der Waals surface area contributed by atoms with Crippen LogP contribution in [0.1, 0.15) is 5.01 Å². The first-order chi connectivity index (χ1) is 12.1. The van der Waals surface area contributed by atoms with Gasteiger partial charge in [-0.15, -0.1) is 10.2 Å². The number of benzene rings is 2. The molecule has 25 heavy (non-hydrogen) atoms. The summed E-state index contributed by atoms with van der Waals surface area (Å²) < 4.78 is 6.50. The monoisotopic (exact) mass is 391 g/mol. The van der Waals surface area contributed by atoms with Crippen molar-refractivity contribution in [2.24, 2.45) is 0 Å². The van der Waals surface area contributed by atoms with Crippen LogP contribution in [0.3, 0.4) is 0 Å². The third kappa shape index (κ3) is 5.19. The summed E-state index contributed by atoms with van der Waals surface area (Å²) in [6, 6.07) is 14.4. The molecule has 0 unspecified atom stereocenters. The van der Waals surface area contributed by atoms with Crippen molar-refractivity contribution in [1.29, 1.82) is 0 Å². The first kappa shape index (κ1) is 17.7. The van der Waals surface area contributed by atoms with Crippen molar-refractivity contribution in [3.05, 3.63) is 58.6 Å². The molecule has 8 heteroatoms. The molecule has 0 saturated heterocycles. The van der Waals surface area contributed by atoms with E-state index in [1.54, 1.807) is 36.4 Å². The molecule has 0 aliphatic rings. The Balaban J connectivity index is 1.53. The highest BCUT2D eigenvalue weighted by molar-refractivity contribution is 8.01. The second-order valence-electron chi connectivity index (χ2n) is 4.98. The summed E-state index contributed by atoms with van der Waals surface area (Å²) in [4.78, 5) is 12.0. The number of amides is 1. The minimum absolute atomic E-state index is 0.0994. The molecule has 1 heterocycles. The lowest BCUT2D eigenvalue weighted by atomic mass is 10.3. The molecule has 0 spiro atoms. The Kier molecular flexibility index (Phi) is 5.91. The first-order valence-electron chi connectivity index (χ1n) is 7.35. The molecule has 1 amide bonds. The second-order valence-corrected chi connectivity index (χ2v) is 7.79. The van der Waals surface area contributed by atoms with Gasteiger partial charge in [0.25, 0.3) is 0 Å². The molecule has 0 aliphatic heterocycles. The van der Waals surface area contributed by atoms with Crippen LogP contribution in [-0.4, -0.2) is 21.9 Å². The van der Waals surface area contributed by atoms with Crippen molar-refractivity contribution >= 4 is 46.3 Å². The maximum absolute atomic E-state index is 12.0. The van der Waals surface area contributed by atoms with Crippen LogP contribution in [0.2, 0.25) is 5.02 Å². The van der Waals surface area contributed by atoms with Crippen LogP contribution in [0.5, 0.6) is 11.5 Å². The highest BCUT2D eigenvalue weighted by atomic mass is 35.5. The molecule has 3 aromatic rings. The summed E-state index contributed by atoms with van der Waals surface area (Å²) in [5, 5.41) is 12.2. The van der Waals surface area contributed by atoms with E-state index in [9.17, 15) is 4.79 Å². The molecule has 1 N–H and O–H groups in total. The number of aryl methyl sites for hydroxylation is 1. The molecule has 0 atom stereocenters. The van der Waals surface area contributed by atoms with Crippen molar-refractivity contribution < 1.29 is 9.53 Å².